The van der Waals surface area contributed by atoms with Gasteiger partial charge in [-0.3, -0.25) is 19.2 Å². The lowest BCUT2D eigenvalue weighted by Crippen LogP contribution is -2.23. The molecule has 162 valence electrons. The summed E-state index contributed by atoms with van der Waals surface area (Å²) in [6, 6.07) is 11.7. The number of nitrogens with zero attached hydrogens (tertiary/aromatic N) is 2. The van der Waals surface area contributed by atoms with Crippen LogP contribution >= 0.6 is 11.3 Å². The van der Waals surface area contributed by atoms with Gasteiger partial charge in [-0.2, -0.15) is 4.99 Å². The van der Waals surface area contributed by atoms with E-state index in [2.05, 4.69) is 10.3 Å². The molecule has 10 heteroatoms. The second kappa shape index (κ2) is 8.60. The van der Waals surface area contributed by atoms with Gasteiger partial charge in [-0.05, 0) is 30.3 Å². The van der Waals surface area contributed by atoms with E-state index in [0.717, 1.165) is 17.6 Å². The van der Waals surface area contributed by atoms with Crippen molar-refractivity contribution in [2.24, 2.45) is 4.99 Å². The maximum Gasteiger partial charge on any atom is 0.325 e. The molecular weight excluding hydrogens is 434 g/mol. The highest BCUT2D eigenvalue weighted by atomic mass is 32.1. The minimum absolute atomic E-state index is 0.186. The van der Waals surface area contributed by atoms with Gasteiger partial charge in [0.1, 0.15) is 24.0 Å². The average Bonchev–Trinajstić information content (AvgIpc) is 3.09. The van der Waals surface area contributed by atoms with Crippen LogP contribution in [0.4, 0.5) is 5.69 Å². The molecule has 0 spiro atoms. The number of hydrogen-bond acceptors (Lipinski definition) is 7. The first-order valence-corrected chi connectivity index (χ1v) is 10.3. The number of carbonyl (C=O) groups excluding carboxylic acids is 3. The second-order valence-electron chi connectivity index (χ2n) is 6.80. The smallest absolute Gasteiger partial charge is 0.325 e. The zero-order valence-corrected chi connectivity index (χ0v) is 17.9. The first-order chi connectivity index (χ1) is 15.4. The van der Waals surface area contributed by atoms with Gasteiger partial charge in [0.15, 0.2) is 4.80 Å². The fourth-order valence-corrected chi connectivity index (χ4v) is 4.23. The van der Waals surface area contributed by atoms with Gasteiger partial charge >= 0.3 is 5.97 Å². The summed E-state index contributed by atoms with van der Waals surface area (Å²) in [7, 11) is 1.26. The molecule has 2 amide bonds. The molecule has 0 unspecified atom stereocenters. The van der Waals surface area contributed by atoms with Crippen molar-refractivity contribution >= 4 is 56.0 Å². The number of anilines is 1. The minimum Gasteiger partial charge on any atom is -0.468 e. The van der Waals surface area contributed by atoms with E-state index in [4.69, 9.17) is 9.15 Å². The lowest BCUT2D eigenvalue weighted by molar-refractivity contribution is -0.141. The molecule has 4 aromatic rings. The van der Waals surface area contributed by atoms with E-state index in [-0.39, 0.29) is 28.2 Å². The SMILES string of the molecule is COC(=O)Cn1c(=NC(=O)c2coc3ccccc3c2=O)sc2cc(NC(C)=O)ccc21. The Labute approximate surface area is 184 Å². The van der Waals surface area contributed by atoms with Crippen LogP contribution in [0.15, 0.2) is 62.9 Å². The molecule has 2 aromatic heterocycles. The van der Waals surface area contributed by atoms with E-state index >= 15 is 0 Å². The molecule has 0 saturated heterocycles. The number of benzene rings is 2. The summed E-state index contributed by atoms with van der Waals surface area (Å²) >= 11 is 1.13. The molecule has 9 nitrogen and oxygen atoms in total. The summed E-state index contributed by atoms with van der Waals surface area (Å²) in [5.74, 6) is -1.56. The number of esters is 1. The molecule has 4 rings (SSSR count). The van der Waals surface area contributed by atoms with Gasteiger partial charge in [-0.1, -0.05) is 23.5 Å². The van der Waals surface area contributed by atoms with Crippen molar-refractivity contribution in [2.45, 2.75) is 13.5 Å². The van der Waals surface area contributed by atoms with Gasteiger partial charge in [0.05, 0.1) is 22.7 Å². The zero-order valence-electron chi connectivity index (χ0n) is 17.1. The highest BCUT2D eigenvalue weighted by Crippen LogP contribution is 2.22. The van der Waals surface area contributed by atoms with Crippen LogP contribution in [0.1, 0.15) is 17.3 Å². The van der Waals surface area contributed by atoms with E-state index < -0.39 is 17.3 Å². The molecule has 1 N–H and O–H groups in total. The van der Waals surface area contributed by atoms with E-state index in [1.807, 2.05) is 0 Å². The number of rotatable bonds is 4. The molecule has 0 fully saturated rings. The first kappa shape index (κ1) is 21.2. The van der Waals surface area contributed by atoms with E-state index in [1.54, 1.807) is 42.5 Å². The molecule has 32 heavy (non-hydrogen) atoms. The van der Waals surface area contributed by atoms with Crippen LogP contribution < -0.4 is 15.5 Å². The van der Waals surface area contributed by atoms with Crippen molar-refractivity contribution in [2.75, 3.05) is 12.4 Å². The van der Waals surface area contributed by atoms with Crippen LogP contribution in [0.25, 0.3) is 21.2 Å². The largest absolute Gasteiger partial charge is 0.468 e. The molecule has 0 bridgehead atoms. The van der Waals surface area contributed by atoms with Crippen LogP contribution in [-0.2, 0) is 20.9 Å². The zero-order chi connectivity index (χ0) is 22.8. The summed E-state index contributed by atoms with van der Waals surface area (Å²) in [4.78, 5) is 53.2. The van der Waals surface area contributed by atoms with Crippen molar-refractivity contribution in [1.82, 2.24) is 4.57 Å². The third-order valence-electron chi connectivity index (χ3n) is 4.63. The summed E-state index contributed by atoms with van der Waals surface area (Å²) in [5.41, 5.74) is 0.831. The number of ether oxygens (including phenoxy) is 1. The molecule has 0 aliphatic carbocycles. The van der Waals surface area contributed by atoms with Gasteiger partial charge in [-0.15, -0.1) is 0 Å². The van der Waals surface area contributed by atoms with E-state index in [9.17, 15) is 19.2 Å². The maximum atomic E-state index is 12.9. The Morgan fingerprint density at radius 3 is 2.72 bits per heavy atom. The predicted molar refractivity (Wildman–Crippen MR) is 119 cm³/mol. The number of para-hydroxylation sites is 1. The molecule has 0 radical (unpaired) electrons. The van der Waals surface area contributed by atoms with Crippen LogP contribution in [0.5, 0.6) is 0 Å². The number of carbonyl (C=O) groups is 3. The van der Waals surface area contributed by atoms with Crippen molar-refractivity contribution in [3.8, 4) is 0 Å². The number of thiazole rings is 1. The fourth-order valence-electron chi connectivity index (χ4n) is 3.16. The fraction of sp³-hybridized carbons (Fsp3) is 0.136. The number of nitrogens with one attached hydrogen (secondary N) is 1. The Morgan fingerprint density at radius 1 is 1.19 bits per heavy atom. The van der Waals surface area contributed by atoms with Crippen molar-refractivity contribution in [3.05, 3.63) is 69.3 Å². The molecule has 2 heterocycles. The molecule has 0 aliphatic heterocycles. The Bertz CT molecular complexity index is 1510. The third kappa shape index (κ3) is 4.08. The summed E-state index contributed by atoms with van der Waals surface area (Å²) in [6.07, 6.45) is 1.09. The Morgan fingerprint density at radius 2 is 1.97 bits per heavy atom. The van der Waals surface area contributed by atoms with Crippen molar-refractivity contribution < 1.29 is 23.5 Å². The Balaban J connectivity index is 1.86. The van der Waals surface area contributed by atoms with Gasteiger partial charge in [-0.25, -0.2) is 0 Å². The number of fused-ring (bicyclic) bond motifs is 2. The number of hydrogen-bond donors (Lipinski definition) is 1. The van der Waals surface area contributed by atoms with Gasteiger partial charge < -0.3 is 19.0 Å². The van der Waals surface area contributed by atoms with Crippen LogP contribution in [0, 0.1) is 0 Å². The summed E-state index contributed by atoms with van der Waals surface area (Å²) in [5, 5.41) is 2.95. The monoisotopic (exact) mass is 451 g/mol. The van der Waals surface area contributed by atoms with E-state index in [0.29, 0.717) is 21.5 Å². The Kier molecular flexibility index (Phi) is 5.69. The quantitative estimate of drug-likeness (QED) is 0.477. The second-order valence-corrected chi connectivity index (χ2v) is 7.81. The van der Waals surface area contributed by atoms with Gasteiger partial charge in [0, 0.05) is 12.6 Å². The average molecular weight is 451 g/mol. The topological polar surface area (TPSA) is 120 Å². The van der Waals surface area contributed by atoms with Crippen molar-refractivity contribution in [3.63, 3.8) is 0 Å². The highest BCUT2D eigenvalue weighted by molar-refractivity contribution is 7.16. The normalized spacial score (nSPS) is 11.6. The Hall–Kier alpha value is -4.05. The predicted octanol–water partition coefficient (Wildman–Crippen LogP) is 2.68. The van der Waals surface area contributed by atoms with E-state index in [1.165, 1.54) is 18.6 Å². The third-order valence-corrected chi connectivity index (χ3v) is 5.67. The summed E-state index contributed by atoms with van der Waals surface area (Å²) < 4.78 is 12.4. The highest BCUT2D eigenvalue weighted by Gasteiger charge is 2.16. The molecule has 0 aliphatic rings. The maximum absolute atomic E-state index is 12.9. The number of aromatic nitrogens is 1. The van der Waals surface area contributed by atoms with Crippen LogP contribution in [-0.4, -0.2) is 29.5 Å². The van der Waals surface area contributed by atoms with Crippen LogP contribution in [0.2, 0.25) is 0 Å². The van der Waals surface area contributed by atoms with Crippen molar-refractivity contribution in [1.29, 1.82) is 0 Å². The lowest BCUT2D eigenvalue weighted by Gasteiger charge is -2.05. The van der Waals surface area contributed by atoms with Gasteiger partial charge in [0.2, 0.25) is 11.3 Å². The minimum atomic E-state index is -0.795. The van der Waals surface area contributed by atoms with Crippen LogP contribution in [0.3, 0.4) is 0 Å². The molecule has 0 atom stereocenters. The van der Waals surface area contributed by atoms with Gasteiger partial charge in [0.25, 0.3) is 5.91 Å². The number of methoxy groups -OCH3 is 1. The molecule has 2 aromatic carbocycles. The lowest BCUT2D eigenvalue weighted by atomic mass is 10.2. The summed E-state index contributed by atoms with van der Waals surface area (Å²) in [6.45, 7) is 1.21. The standard InChI is InChI=1S/C22H17N3O6S/c1-12(26)23-13-7-8-16-18(9-13)32-22(25(16)10-19(27)30-2)24-21(29)15-11-31-17-6-4-3-5-14(17)20(15)28/h3-9,11H,10H2,1-2H3,(H,23,26). The number of amides is 2. The first-order valence-electron chi connectivity index (χ1n) is 9.45. The molecular formula is C22H17N3O6S. The molecule has 0 saturated carbocycles.